The fourth-order valence-corrected chi connectivity index (χ4v) is 3.23. The van der Waals surface area contributed by atoms with Crippen LogP contribution in [0.25, 0.3) is 0 Å². The lowest BCUT2D eigenvalue weighted by Crippen LogP contribution is -2.47. The normalized spacial score (nSPS) is 16.3. The average Bonchev–Trinajstić information content (AvgIpc) is 2.67. The van der Waals surface area contributed by atoms with E-state index in [1.54, 1.807) is 30.3 Å². The van der Waals surface area contributed by atoms with Gasteiger partial charge in [-0.25, -0.2) is 0 Å². The molecule has 3 rings (SSSR count). The van der Waals surface area contributed by atoms with Crippen molar-refractivity contribution in [1.29, 1.82) is 0 Å². The Labute approximate surface area is 159 Å². The molecule has 0 radical (unpaired) electrons. The molecule has 1 amide bonds. The van der Waals surface area contributed by atoms with E-state index < -0.39 is 24.8 Å². The highest BCUT2D eigenvalue weighted by molar-refractivity contribution is 6.01. The smallest absolute Gasteiger partial charge is 0.406 e. The molecule has 2 aromatic carbocycles. The van der Waals surface area contributed by atoms with E-state index in [0.717, 1.165) is 4.90 Å². The largest absolute Gasteiger partial charge is 0.493 e. The summed E-state index contributed by atoms with van der Waals surface area (Å²) in [6.07, 6.45) is -5.69. The van der Waals surface area contributed by atoms with E-state index in [2.05, 4.69) is 5.32 Å². The SMILES string of the molecule is COc1ccc([C@@H]2Nc3ccccc3C(=O)N2CC(F)(F)F)c(OC)c1OC. The number of anilines is 1. The van der Waals surface area contributed by atoms with Crippen molar-refractivity contribution in [2.24, 2.45) is 0 Å². The van der Waals surface area contributed by atoms with Crippen LogP contribution < -0.4 is 19.5 Å². The zero-order chi connectivity index (χ0) is 20.5. The molecule has 0 spiro atoms. The first kappa shape index (κ1) is 19.7. The van der Waals surface area contributed by atoms with Crippen molar-refractivity contribution in [3.05, 3.63) is 47.5 Å². The van der Waals surface area contributed by atoms with Crippen LogP contribution in [0.5, 0.6) is 17.2 Å². The molecule has 6 nitrogen and oxygen atoms in total. The molecule has 1 atom stereocenters. The lowest BCUT2D eigenvalue weighted by atomic mass is 10.0. The van der Waals surface area contributed by atoms with E-state index in [-0.39, 0.29) is 17.1 Å². The Morgan fingerprint density at radius 2 is 1.68 bits per heavy atom. The number of nitrogens with zero attached hydrogens (tertiary/aromatic N) is 1. The van der Waals surface area contributed by atoms with Crippen LogP contribution in [0.15, 0.2) is 36.4 Å². The molecule has 1 N–H and O–H groups in total. The van der Waals surface area contributed by atoms with E-state index in [0.29, 0.717) is 17.0 Å². The van der Waals surface area contributed by atoms with Crippen molar-refractivity contribution < 1.29 is 32.2 Å². The summed E-state index contributed by atoms with van der Waals surface area (Å²) >= 11 is 0. The van der Waals surface area contributed by atoms with Gasteiger partial charge in [-0.05, 0) is 24.3 Å². The number of benzene rings is 2. The van der Waals surface area contributed by atoms with Crippen molar-refractivity contribution in [3.8, 4) is 17.2 Å². The Morgan fingerprint density at radius 1 is 1.00 bits per heavy atom. The Balaban J connectivity index is 2.16. The van der Waals surface area contributed by atoms with Crippen LogP contribution in [0.1, 0.15) is 22.1 Å². The number of nitrogens with one attached hydrogen (secondary N) is 1. The second-order valence-electron chi connectivity index (χ2n) is 6.06. The highest BCUT2D eigenvalue weighted by Gasteiger charge is 2.42. The van der Waals surface area contributed by atoms with Crippen LogP contribution >= 0.6 is 0 Å². The van der Waals surface area contributed by atoms with Gasteiger partial charge in [0.1, 0.15) is 12.7 Å². The standard InChI is InChI=1S/C19H19F3N2O4/c1-26-14-9-8-12(15(27-2)16(14)28-3)17-23-13-7-5-4-6-11(13)18(25)24(17)10-19(20,21)22/h4-9,17,23H,10H2,1-3H3/t17-/m1/s1. The molecule has 0 aliphatic carbocycles. The summed E-state index contributed by atoms with van der Waals surface area (Å²) in [5.74, 6) is 0.0304. The first-order valence-electron chi connectivity index (χ1n) is 8.33. The third kappa shape index (κ3) is 3.51. The molecule has 1 aliphatic rings. The van der Waals surface area contributed by atoms with Crippen molar-refractivity contribution in [2.75, 3.05) is 33.2 Å². The minimum absolute atomic E-state index is 0.169. The summed E-state index contributed by atoms with van der Waals surface area (Å²) in [6, 6.07) is 9.51. The topological polar surface area (TPSA) is 60.0 Å². The highest BCUT2D eigenvalue weighted by Crippen LogP contribution is 2.45. The Bertz CT molecular complexity index is 886. The molecule has 0 saturated carbocycles. The molecule has 1 heterocycles. The first-order valence-corrected chi connectivity index (χ1v) is 8.33. The fourth-order valence-electron chi connectivity index (χ4n) is 3.23. The molecule has 1 aliphatic heterocycles. The second kappa shape index (κ2) is 7.49. The number of methoxy groups -OCH3 is 3. The maximum Gasteiger partial charge on any atom is 0.406 e. The Morgan fingerprint density at radius 3 is 2.29 bits per heavy atom. The lowest BCUT2D eigenvalue weighted by molar-refractivity contribution is -0.144. The number of ether oxygens (including phenoxy) is 3. The molecule has 150 valence electrons. The molecule has 9 heteroatoms. The number of carbonyl (C=O) groups excluding carboxylic acids is 1. The summed E-state index contributed by atoms with van der Waals surface area (Å²) in [5.41, 5.74) is 0.919. The van der Waals surface area contributed by atoms with Crippen LogP contribution in [-0.2, 0) is 0 Å². The number of rotatable bonds is 5. The van der Waals surface area contributed by atoms with E-state index >= 15 is 0 Å². The van der Waals surface area contributed by atoms with Crippen LogP contribution in [0.4, 0.5) is 18.9 Å². The molecule has 0 bridgehead atoms. The Hall–Kier alpha value is -3.10. The second-order valence-corrected chi connectivity index (χ2v) is 6.06. The van der Waals surface area contributed by atoms with Crippen molar-refractivity contribution in [3.63, 3.8) is 0 Å². The fraction of sp³-hybridized carbons (Fsp3) is 0.316. The number of hydrogen-bond acceptors (Lipinski definition) is 5. The van der Waals surface area contributed by atoms with Crippen molar-refractivity contribution >= 4 is 11.6 Å². The summed E-state index contributed by atoms with van der Waals surface area (Å²) in [7, 11) is 4.20. The molecule has 0 saturated heterocycles. The molecule has 0 fully saturated rings. The minimum atomic E-state index is -4.58. The van der Waals surface area contributed by atoms with Gasteiger partial charge in [-0.3, -0.25) is 4.79 Å². The number of amides is 1. The zero-order valence-corrected chi connectivity index (χ0v) is 15.5. The summed E-state index contributed by atoms with van der Waals surface area (Å²) in [5, 5.41) is 3.01. The van der Waals surface area contributed by atoms with Gasteiger partial charge >= 0.3 is 6.18 Å². The molecule has 0 aromatic heterocycles. The number of carbonyl (C=O) groups is 1. The van der Waals surface area contributed by atoms with Gasteiger partial charge in [-0.15, -0.1) is 0 Å². The van der Waals surface area contributed by atoms with Gasteiger partial charge in [0.2, 0.25) is 5.75 Å². The Kier molecular flexibility index (Phi) is 5.26. The van der Waals surface area contributed by atoms with E-state index in [9.17, 15) is 18.0 Å². The predicted octanol–water partition coefficient (Wildman–Crippen LogP) is 3.84. The number of halogens is 3. The summed E-state index contributed by atoms with van der Waals surface area (Å²) in [4.78, 5) is 13.6. The average molecular weight is 396 g/mol. The van der Waals surface area contributed by atoms with Crippen LogP contribution in [0.2, 0.25) is 0 Å². The van der Waals surface area contributed by atoms with Crippen LogP contribution in [-0.4, -0.2) is 44.9 Å². The lowest BCUT2D eigenvalue weighted by Gasteiger charge is -2.39. The van der Waals surface area contributed by atoms with Crippen molar-refractivity contribution in [2.45, 2.75) is 12.3 Å². The van der Waals surface area contributed by atoms with Crippen molar-refractivity contribution in [1.82, 2.24) is 4.90 Å². The van der Waals surface area contributed by atoms with E-state index in [1.165, 1.54) is 27.4 Å². The summed E-state index contributed by atoms with van der Waals surface area (Å²) < 4.78 is 55.6. The molecule has 2 aromatic rings. The van der Waals surface area contributed by atoms with Gasteiger partial charge in [0, 0.05) is 11.3 Å². The number of fused-ring (bicyclic) bond motifs is 1. The first-order chi connectivity index (χ1) is 13.3. The number of para-hydroxylation sites is 1. The van der Waals surface area contributed by atoms with Crippen LogP contribution in [0, 0.1) is 0 Å². The molecular weight excluding hydrogens is 377 g/mol. The van der Waals surface area contributed by atoms with Gasteiger partial charge < -0.3 is 24.4 Å². The minimum Gasteiger partial charge on any atom is -0.493 e. The third-order valence-electron chi connectivity index (χ3n) is 4.40. The van der Waals surface area contributed by atoms with Gasteiger partial charge in [-0.2, -0.15) is 13.2 Å². The van der Waals surface area contributed by atoms with E-state index in [4.69, 9.17) is 14.2 Å². The maximum atomic E-state index is 13.2. The third-order valence-corrected chi connectivity index (χ3v) is 4.40. The van der Waals surface area contributed by atoms with Gasteiger partial charge in [0.15, 0.2) is 11.5 Å². The molecule has 28 heavy (non-hydrogen) atoms. The monoisotopic (exact) mass is 396 g/mol. The van der Waals surface area contributed by atoms with Gasteiger partial charge in [0.05, 0.1) is 26.9 Å². The molecule has 0 unspecified atom stereocenters. The van der Waals surface area contributed by atoms with Crippen LogP contribution in [0.3, 0.4) is 0 Å². The van der Waals surface area contributed by atoms with E-state index in [1.807, 2.05) is 0 Å². The number of alkyl halides is 3. The van der Waals surface area contributed by atoms with Gasteiger partial charge in [0.25, 0.3) is 5.91 Å². The highest BCUT2D eigenvalue weighted by atomic mass is 19.4. The quantitative estimate of drug-likeness (QED) is 0.832. The maximum absolute atomic E-state index is 13.2. The zero-order valence-electron chi connectivity index (χ0n) is 15.5. The molecular formula is C19H19F3N2O4. The van der Waals surface area contributed by atoms with Gasteiger partial charge in [-0.1, -0.05) is 12.1 Å². The predicted molar refractivity (Wildman–Crippen MR) is 96.0 cm³/mol. The number of hydrogen-bond donors (Lipinski definition) is 1. The summed E-state index contributed by atoms with van der Waals surface area (Å²) in [6.45, 7) is -1.42.